The van der Waals surface area contributed by atoms with Gasteiger partial charge in [-0.15, -0.1) is 0 Å². The Morgan fingerprint density at radius 3 is 2.82 bits per heavy atom. The number of nitrogens with zero attached hydrogens (tertiary/aromatic N) is 2. The molecule has 0 saturated carbocycles. The lowest BCUT2D eigenvalue weighted by molar-refractivity contribution is 0.100. The second-order valence-electron chi connectivity index (χ2n) is 3.56. The summed E-state index contributed by atoms with van der Waals surface area (Å²) in [6.07, 6.45) is 1.51. The molecule has 0 bridgehead atoms. The molecule has 17 heavy (non-hydrogen) atoms. The van der Waals surface area contributed by atoms with Crippen LogP contribution in [0.1, 0.15) is 10.4 Å². The van der Waals surface area contributed by atoms with Gasteiger partial charge in [0.25, 0.3) is 5.91 Å². The minimum Gasteiger partial charge on any atom is -0.365 e. The SMILES string of the molecule is Cn1cc(C(N)=O)c(-c2ccc(F)c(Cl)c2)n1. The van der Waals surface area contributed by atoms with Gasteiger partial charge in [0.05, 0.1) is 10.6 Å². The van der Waals surface area contributed by atoms with Crippen molar-refractivity contribution in [2.75, 3.05) is 0 Å². The predicted octanol–water partition coefficient (Wildman–Crippen LogP) is 1.98. The first-order valence-corrected chi connectivity index (χ1v) is 5.15. The number of nitrogens with two attached hydrogens (primary N) is 1. The van der Waals surface area contributed by atoms with Crippen LogP contribution in [0.15, 0.2) is 24.4 Å². The van der Waals surface area contributed by atoms with Crippen LogP contribution < -0.4 is 5.73 Å². The lowest BCUT2D eigenvalue weighted by atomic mass is 10.1. The predicted molar refractivity (Wildman–Crippen MR) is 62.1 cm³/mol. The fourth-order valence-corrected chi connectivity index (χ4v) is 1.71. The zero-order valence-electron chi connectivity index (χ0n) is 8.95. The highest BCUT2D eigenvalue weighted by Crippen LogP contribution is 2.26. The molecule has 88 valence electrons. The minimum absolute atomic E-state index is 0.0245. The number of hydrogen-bond donors (Lipinski definition) is 1. The first-order valence-electron chi connectivity index (χ1n) is 4.78. The van der Waals surface area contributed by atoms with E-state index in [2.05, 4.69) is 5.10 Å². The molecule has 2 N–H and O–H groups in total. The Kier molecular flexibility index (Phi) is 2.85. The van der Waals surface area contributed by atoms with Gasteiger partial charge in [0.15, 0.2) is 0 Å². The van der Waals surface area contributed by atoms with E-state index in [9.17, 15) is 9.18 Å². The Labute approximate surface area is 102 Å². The van der Waals surface area contributed by atoms with Crippen molar-refractivity contribution in [3.8, 4) is 11.3 Å². The number of aromatic nitrogens is 2. The lowest BCUT2D eigenvalue weighted by Crippen LogP contribution is -2.11. The smallest absolute Gasteiger partial charge is 0.252 e. The molecule has 0 fully saturated rings. The number of hydrogen-bond acceptors (Lipinski definition) is 2. The van der Waals surface area contributed by atoms with Gasteiger partial charge in [0.2, 0.25) is 0 Å². The quantitative estimate of drug-likeness (QED) is 0.890. The molecule has 1 heterocycles. The summed E-state index contributed by atoms with van der Waals surface area (Å²) in [5.41, 5.74) is 6.44. The van der Waals surface area contributed by atoms with Gasteiger partial charge >= 0.3 is 0 Å². The third-order valence-electron chi connectivity index (χ3n) is 2.29. The van der Waals surface area contributed by atoms with Gasteiger partial charge in [-0.25, -0.2) is 4.39 Å². The second kappa shape index (κ2) is 4.18. The second-order valence-corrected chi connectivity index (χ2v) is 3.97. The fraction of sp³-hybridized carbons (Fsp3) is 0.0909. The summed E-state index contributed by atoms with van der Waals surface area (Å²) >= 11 is 5.68. The van der Waals surface area contributed by atoms with Crippen LogP contribution in [-0.2, 0) is 7.05 Å². The minimum atomic E-state index is -0.589. The molecule has 0 atom stereocenters. The molecule has 2 rings (SSSR count). The van der Waals surface area contributed by atoms with Crippen LogP contribution in [-0.4, -0.2) is 15.7 Å². The zero-order chi connectivity index (χ0) is 12.6. The van der Waals surface area contributed by atoms with Crippen molar-refractivity contribution >= 4 is 17.5 Å². The van der Waals surface area contributed by atoms with E-state index in [1.807, 2.05) is 0 Å². The van der Waals surface area contributed by atoms with Gasteiger partial charge in [0, 0.05) is 18.8 Å². The molecule has 0 saturated heterocycles. The van der Waals surface area contributed by atoms with E-state index in [-0.39, 0.29) is 10.6 Å². The number of carbonyl (C=O) groups excluding carboxylic acids is 1. The Balaban J connectivity index is 2.59. The molecule has 6 heteroatoms. The Morgan fingerprint density at radius 1 is 1.53 bits per heavy atom. The summed E-state index contributed by atoms with van der Waals surface area (Å²) in [5, 5.41) is 4.08. The van der Waals surface area contributed by atoms with Crippen LogP contribution in [0.3, 0.4) is 0 Å². The van der Waals surface area contributed by atoms with Crippen LogP contribution in [0.5, 0.6) is 0 Å². The molecular formula is C11H9ClFN3O. The van der Waals surface area contributed by atoms with Crippen LogP contribution in [0, 0.1) is 5.82 Å². The average Bonchev–Trinajstić information content (AvgIpc) is 2.64. The number of rotatable bonds is 2. The summed E-state index contributed by atoms with van der Waals surface area (Å²) in [6.45, 7) is 0. The van der Waals surface area contributed by atoms with Crippen LogP contribution in [0.2, 0.25) is 5.02 Å². The fourth-order valence-electron chi connectivity index (χ4n) is 1.53. The number of carbonyl (C=O) groups is 1. The number of aryl methyl sites for hydroxylation is 1. The van der Waals surface area contributed by atoms with Crippen LogP contribution >= 0.6 is 11.6 Å². The number of benzene rings is 1. The number of primary amides is 1. The maximum absolute atomic E-state index is 13.0. The molecule has 0 aliphatic carbocycles. The normalized spacial score (nSPS) is 10.5. The van der Waals surface area contributed by atoms with Crippen molar-refractivity contribution in [1.82, 2.24) is 9.78 Å². The molecular weight excluding hydrogens is 245 g/mol. The molecule has 4 nitrogen and oxygen atoms in total. The van der Waals surface area contributed by atoms with Crippen molar-refractivity contribution in [1.29, 1.82) is 0 Å². The molecule has 2 aromatic rings. The van der Waals surface area contributed by atoms with Gasteiger partial charge in [-0.3, -0.25) is 9.48 Å². The summed E-state index contributed by atoms with van der Waals surface area (Å²) in [7, 11) is 1.67. The molecule has 0 aliphatic rings. The number of amides is 1. The molecule has 0 radical (unpaired) electrons. The van der Waals surface area contributed by atoms with E-state index >= 15 is 0 Å². The standard InChI is InChI=1S/C11H9ClFN3O/c1-16-5-7(11(14)17)10(15-16)6-2-3-9(13)8(12)4-6/h2-5H,1H3,(H2,14,17). The molecule has 1 amide bonds. The van der Waals surface area contributed by atoms with Gasteiger partial charge in [-0.2, -0.15) is 5.10 Å². The maximum Gasteiger partial charge on any atom is 0.252 e. The molecule has 1 aromatic carbocycles. The van der Waals surface area contributed by atoms with E-state index in [1.54, 1.807) is 7.05 Å². The third kappa shape index (κ3) is 2.14. The molecule has 0 aliphatic heterocycles. The summed E-state index contributed by atoms with van der Waals surface area (Å²) < 4.78 is 14.5. The monoisotopic (exact) mass is 253 g/mol. The molecule has 0 spiro atoms. The zero-order valence-corrected chi connectivity index (χ0v) is 9.70. The summed E-state index contributed by atoms with van der Waals surface area (Å²) in [4.78, 5) is 11.2. The first kappa shape index (κ1) is 11.6. The topological polar surface area (TPSA) is 60.9 Å². The van der Waals surface area contributed by atoms with E-state index in [0.717, 1.165) is 0 Å². The van der Waals surface area contributed by atoms with E-state index in [1.165, 1.54) is 29.1 Å². The van der Waals surface area contributed by atoms with Crippen molar-refractivity contribution in [3.05, 3.63) is 40.8 Å². The highest BCUT2D eigenvalue weighted by atomic mass is 35.5. The van der Waals surface area contributed by atoms with Gasteiger partial charge in [-0.1, -0.05) is 11.6 Å². The Hall–Kier alpha value is -1.88. The van der Waals surface area contributed by atoms with Gasteiger partial charge in [0.1, 0.15) is 11.5 Å². The van der Waals surface area contributed by atoms with Crippen molar-refractivity contribution < 1.29 is 9.18 Å². The van der Waals surface area contributed by atoms with Gasteiger partial charge in [-0.05, 0) is 18.2 Å². The maximum atomic E-state index is 13.0. The highest BCUT2D eigenvalue weighted by Gasteiger charge is 2.15. The third-order valence-corrected chi connectivity index (χ3v) is 2.58. The van der Waals surface area contributed by atoms with E-state index in [0.29, 0.717) is 11.3 Å². The molecule has 1 aromatic heterocycles. The number of halogens is 2. The van der Waals surface area contributed by atoms with Crippen LogP contribution in [0.4, 0.5) is 4.39 Å². The van der Waals surface area contributed by atoms with Crippen molar-refractivity contribution in [2.24, 2.45) is 12.8 Å². The van der Waals surface area contributed by atoms with Crippen LogP contribution in [0.25, 0.3) is 11.3 Å². The van der Waals surface area contributed by atoms with E-state index in [4.69, 9.17) is 17.3 Å². The van der Waals surface area contributed by atoms with E-state index < -0.39 is 11.7 Å². The van der Waals surface area contributed by atoms with Gasteiger partial charge < -0.3 is 5.73 Å². The Morgan fingerprint density at radius 2 is 2.24 bits per heavy atom. The highest BCUT2D eigenvalue weighted by molar-refractivity contribution is 6.31. The van der Waals surface area contributed by atoms with Crippen molar-refractivity contribution in [3.63, 3.8) is 0 Å². The largest absolute Gasteiger partial charge is 0.365 e. The molecule has 0 unspecified atom stereocenters. The summed E-state index contributed by atoms with van der Waals surface area (Å²) in [6, 6.07) is 4.12. The lowest BCUT2D eigenvalue weighted by Gasteiger charge is -2.01. The summed E-state index contributed by atoms with van der Waals surface area (Å²) in [5.74, 6) is -1.11. The first-order chi connectivity index (χ1) is 7.99. The average molecular weight is 254 g/mol. The van der Waals surface area contributed by atoms with Crippen molar-refractivity contribution in [2.45, 2.75) is 0 Å². The Bertz CT molecular complexity index is 594.